The lowest BCUT2D eigenvalue weighted by Crippen LogP contribution is -2.38. The summed E-state index contributed by atoms with van der Waals surface area (Å²) < 4.78 is 6.11. The summed E-state index contributed by atoms with van der Waals surface area (Å²) in [7, 11) is 0. The zero-order valence-corrected chi connectivity index (χ0v) is 18.7. The molecule has 4 nitrogen and oxygen atoms in total. The van der Waals surface area contributed by atoms with Crippen molar-refractivity contribution >= 4 is 12.0 Å². The average molecular weight is 403 g/mol. The molecular weight excluding hydrogens is 360 g/mol. The molecule has 3 saturated carbocycles. The minimum absolute atomic E-state index is 0.0119. The van der Waals surface area contributed by atoms with Gasteiger partial charge in [0.2, 0.25) is 5.72 Å². The Kier molecular flexibility index (Phi) is 9.24. The van der Waals surface area contributed by atoms with Crippen molar-refractivity contribution in [2.75, 3.05) is 0 Å². The third-order valence-electron chi connectivity index (χ3n) is 7.39. The van der Waals surface area contributed by atoms with Gasteiger partial charge in [-0.25, -0.2) is 4.99 Å². The van der Waals surface area contributed by atoms with Crippen LogP contribution in [0.4, 0.5) is 0 Å². The van der Waals surface area contributed by atoms with Crippen LogP contribution in [-0.4, -0.2) is 23.7 Å². The van der Waals surface area contributed by atoms with E-state index in [0.29, 0.717) is 6.04 Å². The first-order valence-corrected chi connectivity index (χ1v) is 12.6. The van der Waals surface area contributed by atoms with Gasteiger partial charge in [-0.3, -0.25) is 4.79 Å². The highest BCUT2D eigenvalue weighted by Gasteiger charge is 2.38. The van der Waals surface area contributed by atoms with Crippen molar-refractivity contribution in [3.05, 3.63) is 0 Å². The van der Waals surface area contributed by atoms with Crippen LogP contribution in [0.5, 0.6) is 0 Å². The molecule has 0 aromatic carbocycles. The summed E-state index contributed by atoms with van der Waals surface area (Å²) in [5.74, 6) is 0.874. The third kappa shape index (κ3) is 7.24. The molecule has 0 atom stereocenters. The Labute approximate surface area is 178 Å². The van der Waals surface area contributed by atoms with Gasteiger partial charge in [0.1, 0.15) is 0 Å². The van der Waals surface area contributed by atoms with Gasteiger partial charge in [0.15, 0.2) is 0 Å². The molecule has 0 aliphatic heterocycles. The van der Waals surface area contributed by atoms with Crippen LogP contribution < -0.4 is 0 Å². The first-order valence-electron chi connectivity index (χ1n) is 12.6. The van der Waals surface area contributed by atoms with Gasteiger partial charge in [0.05, 0.1) is 18.0 Å². The molecule has 3 fully saturated rings. The molecule has 164 valence electrons. The second kappa shape index (κ2) is 11.9. The van der Waals surface area contributed by atoms with E-state index >= 15 is 0 Å². The van der Waals surface area contributed by atoms with Gasteiger partial charge in [-0.1, -0.05) is 58.3 Å². The average Bonchev–Trinajstić information content (AvgIpc) is 2.76. The van der Waals surface area contributed by atoms with Gasteiger partial charge in [-0.05, 0) is 57.3 Å². The second-order valence-electron chi connectivity index (χ2n) is 9.77. The normalized spacial score (nSPS) is 27.6. The number of esters is 1. The predicted molar refractivity (Wildman–Crippen MR) is 118 cm³/mol. The van der Waals surface area contributed by atoms with Crippen molar-refractivity contribution in [3.63, 3.8) is 0 Å². The van der Waals surface area contributed by atoms with E-state index < -0.39 is 5.72 Å². The Morgan fingerprint density at radius 2 is 1.62 bits per heavy atom. The molecule has 3 aliphatic rings. The van der Waals surface area contributed by atoms with E-state index in [4.69, 9.17) is 4.74 Å². The smallest absolute Gasteiger partial charge is 0.311 e. The lowest BCUT2D eigenvalue weighted by molar-refractivity contribution is -0.168. The molecule has 0 unspecified atom stereocenters. The lowest BCUT2D eigenvalue weighted by atomic mass is 9.79. The van der Waals surface area contributed by atoms with Crippen molar-refractivity contribution in [2.24, 2.45) is 21.8 Å². The predicted octanol–water partition coefficient (Wildman–Crippen LogP) is 7.08. The van der Waals surface area contributed by atoms with E-state index in [1.165, 1.54) is 64.2 Å². The Morgan fingerprint density at radius 1 is 0.931 bits per heavy atom. The largest absolute Gasteiger partial charge is 0.436 e. The molecule has 0 spiro atoms. The molecule has 0 radical (unpaired) electrons. The quantitative estimate of drug-likeness (QED) is 0.247. The first kappa shape index (κ1) is 22.5. The third-order valence-corrected chi connectivity index (χ3v) is 7.39. The molecule has 4 heteroatoms. The zero-order chi connectivity index (χ0) is 20.4. The van der Waals surface area contributed by atoms with Gasteiger partial charge >= 0.3 is 5.97 Å². The summed E-state index contributed by atoms with van der Waals surface area (Å²) in [4.78, 5) is 22.2. The highest BCUT2D eigenvalue weighted by atomic mass is 16.6. The van der Waals surface area contributed by atoms with Crippen molar-refractivity contribution in [2.45, 2.75) is 134 Å². The fourth-order valence-corrected chi connectivity index (χ4v) is 5.39. The zero-order valence-electron chi connectivity index (χ0n) is 18.7. The van der Waals surface area contributed by atoms with Gasteiger partial charge < -0.3 is 4.74 Å². The molecule has 0 N–H and O–H groups in total. The number of hydrogen-bond donors (Lipinski definition) is 0. The molecule has 3 rings (SSSR count). The Morgan fingerprint density at radius 3 is 2.31 bits per heavy atom. The Bertz CT molecular complexity index is 547. The topological polar surface area (TPSA) is 51.0 Å². The number of hydrogen-bond acceptors (Lipinski definition) is 4. The van der Waals surface area contributed by atoms with Crippen LogP contribution in [0, 0.1) is 11.8 Å². The fraction of sp³-hybridized carbons (Fsp3) is 0.920. The van der Waals surface area contributed by atoms with E-state index in [0.717, 1.165) is 57.3 Å². The van der Waals surface area contributed by atoms with E-state index in [9.17, 15) is 4.79 Å². The Balaban J connectivity index is 1.53. The number of carbonyl (C=O) groups excluding carboxylic acids is 1. The molecule has 29 heavy (non-hydrogen) atoms. The standard InChI is InChI=1S/C25H42N2O2/c1-2-3-6-11-21-14-16-22(17-15-21)24(28)29-25(18-9-5-10-19-25)27-20-26-23-12-7-4-8-13-23/h21-23H,2-19H2,1H3. The molecule has 3 aliphatic carbocycles. The summed E-state index contributed by atoms with van der Waals surface area (Å²) in [6, 6.07) is 3.35. The maximum Gasteiger partial charge on any atom is 0.311 e. The summed E-state index contributed by atoms with van der Waals surface area (Å²) in [5, 5.41) is 0. The van der Waals surface area contributed by atoms with Crippen LogP contribution in [-0.2, 0) is 9.53 Å². The second-order valence-corrected chi connectivity index (χ2v) is 9.77. The van der Waals surface area contributed by atoms with Crippen LogP contribution in [0.3, 0.4) is 0 Å². The maximum absolute atomic E-state index is 13.0. The first-order chi connectivity index (χ1) is 14.2. The molecule has 0 amide bonds. The lowest BCUT2D eigenvalue weighted by Gasteiger charge is -2.34. The van der Waals surface area contributed by atoms with E-state index in [1.54, 1.807) is 0 Å². The molecular formula is C25H42N2O2. The van der Waals surface area contributed by atoms with Crippen LogP contribution >= 0.6 is 0 Å². The summed E-state index contributed by atoms with van der Waals surface area (Å²) in [5.41, 5.74) is -0.689. The molecule has 0 aromatic rings. The number of unbranched alkanes of at least 4 members (excludes halogenated alkanes) is 2. The highest BCUT2D eigenvalue weighted by Crippen LogP contribution is 2.37. The van der Waals surface area contributed by atoms with Crippen molar-refractivity contribution in [3.8, 4) is 0 Å². The van der Waals surface area contributed by atoms with Gasteiger partial charge in [-0.2, -0.15) is 4.99 Å². The van der Waals surface area contributed by atoms with Crippen LogP contribution in [0.2, 0.25) is 0 Å². The number of nitrogens with zero attached hydrogens (tertiary/aromatic N) is 2. The summed E-state index contributed by atoms with van der Waals surface area (Å²) >= 11 is 0. The molecule has 0 bridgehead atoms. The number of ether oxygens (including phenoxy) is 1. The number of aliphatic imine (C=N–C) groups is 2. The van der Waals surface area contributed by atoms with Gasteiger partial charge in [0.25, 0.3) is 0 Å². The van der Waals surface area contributed by atoms with Crippen LogP contribution in [0.25, 0.3) is 0 Å². The summed E-state index contributed by atoms with van der Waals surface area (Å²) in [6.45, 7) is 2.26. The minimum Gasteiger partial charge on any atom is -0.436 e. The highest BCUT2D eigenvalue weighted by molar-refractivity contribution is 5.73. The SMILES string of the molecule is CCCCCC1CCC(C(=O)OC2(N=C=NC3CCCCC3)CCCCC2)CC1. The van der Waals surface area contributed by atoms with Crippen molar-refractivity contribution in [1.82, 2.24) is 0 Å². The molecule has 0 saturated heterocycles. The van der Waals surface area contributed by atoms with Crippen LogP contribution in [0.1, 0.15) is 122 Å². The molecule has 0 heterocycles. The molecule has 0 aromatic heterocycles. The van der Waals surface area contributed by atoms with E-state index in [-0.39, 0.29) is 11.9 Å². The maximum atomic E-state index is 13.0. The number of rotatable bonds is 8. The summed E-state index contributed by atoms with van der Waals surface area (Å²) in [6.07, 6.45) is 20.8. The fourth-order valence-electron chi connectivity index (χ4n) is 5.39. The minimum atomic E-state index is -0.689. The van der Waals surface area contributed by atoms with E-state index in [2.05, 4.69) is 22.9 Å². The number of carbonyl (C=O) groups is 1. The van der Waals surface area contributed by atoms with E-state index in [1.807, 2.05) is 0 Å². The van der Waals surface area contributed by atoms with Gasteiger partial charge in [-0.15, -0.1) is 0 Å². The van der Waals surface area contributed by atoms with Crippen molar-refractivity contribution in [1.29, 1.82) is 0 Å². The Hall–Kier alpha value is -1.15. The monoisotopic (exact) mass is 402 g/mol. The van der Waals surface area contributed by atoms with Gasteiger partial charge in [0, 0.05) is 12.8 Å². The van der Waals surface area contributed by atoms with Crippen molar-refractivity contribution < 1.29 is 9.53 Å². The van der Waals surface area contributed by atoms with Crippen LogP contribution in [0.15, 0.2) is 9.98 Å².